The van der Waals surface area contributed by atoms with E-state index in [0.29, 0.717) is 19.7 Å². The van der Waals surface area contributed by atoms with Crippen molar-refractivity contribution < 1.29 is 14.3 Å². The Kier molecular flexibility index (Phi) is 5.58. The van der Waals surface area contributed by atoms with Gasteiger partial charge in [-0.3, -0.25) is 9.59 Å². The normalized spacial score (nSPS) is 18.4. The number of carbonyl (C=O) groups is 2. The van der Waals surface area contributed by atoms with Crippen LogP contribution in [0.2, 0.25) is 0 Å². The number of nitrogens with zero attached hydrogens (tertiary/aromatic N) is 1. The third-order valence-electron chi connectivity index (χ3n) is 3.76. The van der Waals surface area contributed by atoms with Gasteiger partial charge in [-0.05, 0) is 31.9 Å². The summed E-state index contributed by atoms with van der Waals surface area (Å²) >= 11 is 0. The lowest BCUT2D eigenvalue weighted by molar-refractivity contribution is -0.130. The van der Waals surface area contributed by atoms with E-state index in [4.69, 9.17) is 10.5 Å². The van der Waals surface area contributed by atoms with Crippen molar-refractivity contribution in [2.75, 3.05) is 19.7 Å². The maximum absolute atomic E-state index is 12.3. The Hall–Kier alpha value is -2.30. The Morgan fingerprint density at radius 3 is 2.91 bits per heavy atom. The summed E-state index contributed by atoms with van der Waals surface area (Å²) in [6.45, 7) is 3.57. The molecule has 1 saturated heterocycles. The van der Waals surface area contributed by atoms with Crippen LogP contribution in [-0.4, -0.2) is 36.4 Å². The minimum Gasteiger partial charge on any atom is -0.493 e. The highest BCUT2D eigenvalue weighted by Gasteiger charge is 2.25. The van der Waals surface area contributed by atoms with Gasteiger partial charge in [0.1, 0.15) is 5.75 Å². The highest BCUT2D eigenvalue weighted by atomic mass is 16.5. The topological polar surface area (TPSA) is 72.6 Å². The van der Waals surface area contributed by atoms with Gasteiger partial charge in [-0.2, -0.15) is 0 Å². The van der Waals surface area contributed by atoms with Crippen LogP contribution >= 0.6 is 0 Å². The van der Waals surface area contributed by atoms with Crippen LogP contribution in [-0.2, 0) is 9.59 Å². The fraction of sp³-hybridized carbons (Fsp3) is 0.412. The number of nitrogens with two attached hydrogens (primary N) is 1. The number of likely N-dealkylation sites (tertiary alicyclic amines) is 1. The zero-order chi connectivity index (χ0) is 15.9. The molecule has 1 heterocycles. The van der Waals surface area contributed by atoms with Crippen molar-refractivity contribution >= 4 is 17.9 Å². The van der Waals surface area contributed by atoms with E-state index < -0.39 is 0 Å². The highest BCUT2D eigenvalue weighted by molar-refractivity contribution is 5.92. The first-order chi connectivity index (χ1) is 10.6. The summed E-state index contributed by atoms with van der Waals surface area (Å²) in [6, 6.07) is 7.57. The number of carbonyl (C=O) groups excluding carboxylic acids is 2. The molecule has 0 radical (unpaired) electrons. The standard InChI is InChI=1S/C17H22N2O3/c1-2-22-15-8-4-3-6-13(15)9-10-16(20)19-11-5-7-14(12-19)17(18)21/h3-4,6,8-10,14H,2,5,7,11-12H2,1H3,(H2,18,21). The fourth-order valence-corrected chi connectivity index (χ4v) is 2.58. The number of para-hydroxylation sites is 1. The number of piperidine rings is 1. The van der Waals surface area contributed by atoms with Crippen LogP contribution < -0.4 is 10.5 Å². The first-order valence-corrected chi connectivity index (χ1v) is 7.60. The molecule has 0 aliphatic carbocycles. The molecule has 5 nitrogen and oxygen atoms in total. The van der Waals surface area contributed by atoms with Crippen LogP contribution in [0.4, 0.5) is 0 Å². The van der Waals surface area contributed by atoms with E-state index in [2.05, 4.69) is 0 Å². The van der Waals surface area contributed by atoms with Crippen LogP contribution in [0.3, 0.4) is 0 Å². The Balaban J connectivity index is 2.03. The molecule has 0 saturated carbocycles. The summed E-state index contributed by atoms with van der Waals surface area (Å²) in [5.74, 6) is 0.0879. The summed E-state index contributed by atoms with van der Waals surface area (Å²) in [4.78, 5) is 25.2. The van der Waals surface area contributed by atoms with Crippen molar-refractivity contribution in [1.82, 2.24) is 4.90 Å². The molecule has 1 unspecified atom stereocenters. The third kappa shape index (κ3) is 4.10. The van der Waals surface area contributed by atoms with E-state index in [1.54, 1.807) is 11.0 Å². The minimum absolute atomic E-state index is 0.0998. The van der Waals surface area contributed by atoms with Crippen molar-refractivity contribution in [2.45, 2.75) is 19.8 Å². The maximum atomic E-state index is 12.3. The van der Waals surface area contributed by atoms with Crippen LogP contribution in [0, 0.1) is 5.92 Å². The number of primary amides is 1. The first kappa shape index (κ1) is 16.1. The van der Waals surface area contributed by atoms with Gasteiger partial charge in [0, 0.05) is 24.7 Å². The molecule has 5 heteroatoms. The fourth-order valence-electron chi connectivity index (χ4n) is 2.58. The Labute approximate surface area is 130 Å². The molecule has 2 N–H and O–H groups in total. The van der Waals surface area contributed by atoms with Gasteiger partial charge in [0.2, 0.25) is 11.8 Å². The average molecular weight is 302 g/mol. The van der Waals surface area contributed by atoms with Gasteiger partial charge in [0.05, 0.1) is 12.5 Å². The van der Waals surface area contributed by atoms with Crippen LogP contribution in [0.15, 0.2) is 30.3 Å². The highest BCUT2D eigenvalue weighted by Crippen LogP contribution is 2.20. The molecule has 1 atom stereocenters. The summed E-state index contributed by atoms with van der Waals surface area (Å²) < 4.78 is 5.53. The van der Waals surface area contributed by atoms with Crippen molar-refractivity contribution in [3.63, 3.8) is 0 Å². The molecule has 1 fully saturated rings. The van der Waals surface area contributed by atoms with E-state index in [-0.39, 0.29) is 17.7 Å². The Morgan fingerprint density at radius 2 is 2.18 bits per heavy atom. The number of amides is 2. The molecule has 0 aromatic heterocycles. The number of hydrogen-bond acceptors (Lipinski definition) is 3. The number of hydrogen-bond donors (Lipinski definition) is 1. The molecule has 1 aliphatic heterocycles. The number of benzene rings is 1. The second kappa shape index (κ2) is 7.64. The van der Waals surface area contributed by atoms with Crippen molar-refractivity contribution in [2.24, 2.45) is 11.7 Å². The summed E-state index contributed by atoms with van der Waals surface area (Å²) in [5, 5.41) is 0. The third-order valence-corrected chi connectivity index (χ3v) is 3.76. The average Bonchev–Trinajstić information content (AvgIpc) is 2.54. The molecule has 0 spiro atoms. The van der Waals surface area contributed by atoms with E-state index in [1.165, 1.54) is 6.08 Å². The van der Waals surface area contributed by atoms with Gasteiger partial charge < -0.3 is 15.4 Å². The molecule has 0 bridgehead atoms. The van der Waals surface area contributed by atoms with Crippen molar-refractivity contribution in [3.8, 4) is 5.75 Å². The summed E-state index contributed by atoms with van der Waals surface area (Å²) in [7, 11) is 0. The van der Waals surface area contributed by atoms with Gasteiger partial charge >= 0.3 is 0 Å². The quantitative estimate of drug-likeness (QED) is 0.843. The molecular weight excluding hydrogens is 280 g/mol. The number of ether oxygens (including phenoxy) is 1. The molecule has 1 aliphatic rings. The van der Waals surface area contributed by atoms with Crippen LogP contribution in [0.25, 0.3) is 6.08 Å². The molecule has 118 valence electrons. The molecule has 2 rings (SSSR count). The van der Waals surface area contributed by atoms with Gasteiger partial charge in [-0.15, -0.1) is 0 Å². The lowest BCUT2D eigenvalue weighted by atomic mass is 9.97. The summed E-state index contributed by atoms with van der Waals surface area (Å²) in [5.41, 5.74) is 6.20. The second-order valence-electron chi connectivity index (χ2n) is 5.33. The largest absolute Gasteiger partial charge is 0.493 e. The van der Waals surface area contributed by atoms with E-state index in [1.807, 2.05) is 31.2 Å². The predicted molar refractivity (Wildman–Crippen MR) is 85.1 cm³/mol. The van der Waals surface area contributed by atoms with Crippen LogP contribution in [0.1, 0.15) is 25.3 Å². The lowest BCUT2D eigenvalue weighted by Crippen LogP contribution is -2.43. The zero-order valence-corrected chi connectivity index (χ0v) is 12.8. The molecule has 1 aromatic rings. The van der Waals surface area contributed by atoms with Crippen molar-refractivity contribution in [1.29, 1.82) is 0 Å². The molecule has 22 heavy (non-hydrogen) atoms. The Bertz CT molecular complexity index is 569. The van der Waals surface area contributed by atoms with Gasteiger partial charge in [-0.25, -0.2) is 0 Å². The Morgan fingerprint density at radius 1 is 1.41 bits per heavy atom. The van der Waals surface area contributed by atoms with E-state index in [9.17, 15) is 9.59 Å². The summed E-state index contributed by atoms with van der Waals surface area (Å²) in [6.07, 6.45) is 4.85. The van der Waals surface area contributed by atoms with E-state index in [0.717, 1.165) is 24.2 Å². The first-order valence-electron chi connectivity index (χ1n) is 7.60. The maximum Gasteiger partial charge on any atom is 0.246 e. The van der Waals surface area contributed by atoms with Gasteiger partial charge in [-0.1, -0.05) is 18.2 Å². The predicted octanol–water partition coefficient (Wildman–Crippen LogP) is 1.82. The molecule has 2 amide bonds. The molecule has 1 aromatic carbocycles. The molecular formula is C17H22N2O3. The van der Waals surface area contributed by atoms with Gasteiger partial charge in [0.15, 0.2) is 0 Å². The lowest BCUT2D eigenvalue weighted by Gasteiger charge is -2.30. The monoisotopic (exact) mass is 302 g/mol. The SMILES string of the molecule is CCOc1ccccc1C=CC(=O)N1CCCC(C(N)=O)C1. The van der Waals surface area contributed by atoms with Crippen molar-refractivity contribution in [3.05, 3.63) is 35.9 Å². The van der Waals surface area contributed by atoms with E-state index >= 15 is 0 Å². The zero-order valence-electron chi connectivity index (χ0n) is 12.8. The van der Waals surface area contributed by atoms with Gasteiger partial charge in [0.25, 0.3) is 0 Å². The number of rotatable bonds is 5. The second-order valence-corrected chi connectivity index (χ2v) is 5.33. The smallest absolute Gasteiger partial charge is 0.246 e. The minimum atomic E-state index is -0.330. The van der Waals surface area contributed by atoms with Crippen LogP contribution in [0.5, 0.6) is 5.75 Å².